The first-order valence-electron chi connectivity index (χ1n) is 9.74. The first-order chi connectivity index (χ1) is 12.2. The van der Waals surface area contributed by atoms with Crippen molar-refractivity contribution in [2.75, 3.05) is 0 Å². The average molecular weight is 510 g/mol. The fourth-order valence-electron chi connectivity index (χ4n) is 4.07. The third kappa shape index (κ3) is 5.12. The van der Waals surface area contributed by atoms with Crippen molar-refractivity contribution < 1.29 is 47.2 Å². The standard InChI is InChI=1S/C22H25.C2H6Si.2ClH.Zr/c1-6-19-15(2)14-17-8-7-9-20(21(17)19)16-10-12-18(13-11-16)22(3,4)5;1-3-2;;;/h7-14H,6H2,1-5H3;1-2H3;2*1H;/q;;;;+2/p-2. The molecule has 4 heteroatoms. The van der Waals surface area contributed by atoms with Gasteiger partial charge in [-0.15, -0.1) is 0 Å². The number of allylic oxidation sites excluding steroid dienone is 2. The van der Waals surface area contributed by atoms with Crippen LogP contribution in [0.3, 0.4) is 0 Å². The zero-order chi connectivity index (χ0) is 19.1. The fourth-order valence-corrected chi connectivity index (χ4v) is 13.0. The van der Waals surface area contributed by atoms with Crippen molar-refractivity contribution in [2.45, 2.75) is 63.2 Å². The molecule has 149 valence electrons. The number of benzene rings is 2. The Morgan fingerprint density at radius 2 is 1.57 bits per heavy atom. The van der Waals surface area contributed by atoms with Crippen molar-refractivity contribution in [1.82, 2.24) is 0 Å². The SMILES string of the molecule is CCC1=C(C)[CH]([Zr+2][Si](C)C)c2cccc(-c3ccc(C(C)(C)C)cc3)c21.[Cl-].[Cl-]. The topological polar surface area (TPSA) is 0 Å². The molecule has 1 aliphatic carbocycles. The van der Waals surface area contributed by atoms with E-state index >= 15 is 0 Å². The van der Waals surface area contributed by atoms with E-state index in [1.807, 2.05) is 0 Å². The third-order valence-corrected chi connectivity index (χ3v) is 14.5. The van der Waals surface area contributed by atoms with Crippen molar-refractivity contribution in [3.05, 3.63) is 64.7 Å². The van der Waals surface area contributed by atoms with Crippen LogP contribution in [0.5, 0.6) is 0 Å². The van der Waals surface area contributed by atoms with E-state index in [1.54, 1.807) is 22.3 Å². The molecule has 1 radical (unpaired) electrons. The summed E-state index contributed by atoms with van der Waals surface area (Å²) in [5.74, 6) is -0.0855. The molecular weight excluding hydrogens is 478 g/mol. The second-order valence-corrected chi connectivity index (χ2v) is 21.9. The smallest absolute Gasteiger partial charge is 1.00 e. The Hall–Kier alpha value is -0.140. The maximum Gasteiger partial charge on any atom is -1.00 e. The van der Waals surface area contributed by atoms with Crippen molar-refractivity contribution >= 4 is 11.5 Å². The van der Waals surface area contributed by atoms with E-state index in [1.165, 1.54) is 16.7 Å². The minimum atomic E-state index is -0.365. The van der Waals surface area contributed by atoms with Crippen LogP contribution in [-0.2, 0) is 27.8 Å². The average Bonchev–Trinajstić information content (AvgIpc) is 2.85. The quantitative estimate of drug-likeness (QED) is 0.544. The predicted octanol–water partition coefficient (Wildman–Crippen LogP) is 1.23. The van der Waals surface area contributed by atoms with Crippen LogP contribution in [0.15, 0.2) is 48.0 Å². The van der Waals surface area contributed by atoms with Gasteiger partial charge in [0.05, 0.1) is 0 Å². The molecule has 2 aromatic rings. The Balaban J connectivity index is 0.00000196. The normalized spacial score (nSPS) is 15.6. The number of hydrogen-bond acceptors (Lipinski definition) is 0. The number of fused-ring (bicyclic) bond motifs is 1. The Morgan fingerprint density at radius 3 is 2.07 bits per heavy atom. The van der Waals surface area contributed by atoms with E-state index in [-0.39, 0.29) is 58.5 Å². The minimum absolute atomic E-state index is 0. The van der Waals surface area contributed by atoms with E-state index in [4.69, 9.17) is 0 Å². The van der Waals surface area contributed by atoms with Gasteiger partial charge in [-0.3, -0.25) is 0 Å². The zero-order valence-corrected chi connectivity index (χ0v) is 23.1. The van der Waals surface area contributed by atoms with Crippen LogP contribution in [0.1, 0.15) is 61.4 Å². The van der Waals surface area contributed by atoms with Crippen LogP contribution in [-0.4, -0.2) is 5.92 Å². The summed E-state index contributed by atoms with van der Waals surface area (Å²) in [4.78, 5) is 0. The molecule has 0 bridgehead atoms. The molecule has 0 fully saturated rings. The van der Waals surface area contributed by atoms with Gasteiger partial charge < -0.3 is 24.8 Å². The molecular formula is C24H31Cl2SiZr. The molecule has 2 aromatic carbocycles. The second-order valence-electron chi connectivity index (χ2n) is 8.69. The van der Waals surface area contributed by atoms with Gasteiger partial charge in [0.1, 0.15) is 0 Å². The second kappa shape index (κ2) is 10.3. The van der Waals surface area contributed by atoms with Gasteiger partial charge in [0.25, 0.3) is 0 Å². The Kier molecular flexibility index (Phi) is 9.48. The van der Waals surface area contributed by atoms with Crippen LogP contribution in [0, 0.1) is 0 Å². The zero-order valence-electron chi connectivity index (χ0n) is 18.1. The van der Waals surface area contributed by atoms with Gasteiger partial charge in [0.2, 0.25) is 0 Å². The fraction of sp³-hybridized carbons (Fsp3) is 0.417. The third-order valence-electron chi connectivity index (χ3n) is 5.47. The summed E-state index contributed by atoms with van der Waals surface area (Å²) in [6.07, 6.45) is 1.15. The largest absolute Gasteiger partial charge is 1.00 e. The predicted molar refractivity (Wildman–Crippen MR) is 114 cm³/mol. The number of rotatable bonds is 4. The molecule has 1 unspecified atom stereocenters. The van der Waals surface area contributed by atoms with Gasteiger partial charge in [-0.1, -0.05) is 0 Å². The summed E-state index contributed by atoms with van der Waals surface area (Å²) in [5.41, 5.74) is 11.0. The summed E-state index contributed by atoms with van der Waals surface area (Å²) in [5, 5.41) is 0. The summed E-state index contributed by atoms with van der Waals surface area (Å²) < 4.78 is 0.807. The Morgan fingerprint density at radius 1 is 0.964 bits per heavy atom. The van der Waals surface area contributed by atoms with E-state index in [0.29, 0.717) is 0 Å². The molecule has 0 aliphatic heterocycles. The van der Waals surface area contributed by atoms with Crippen molar-refractivity contribution in [3.8, 4) is 11.1 Å². The molecule has 0 heterocycles. The molecule has 0 nitrogen and oxygen atoms in total. The van der Waals surface area contributed by atoms with E-state index in [2.05, 4.69) is 90.2 Å². The van der Waals surface area contributed by atoms with Gasteiger partial charge in [0.15, 0.2) is 0 Å². The Labute approximate surface area is 196 Å². The molecule has 0 N–H and O–H groups in total. The van der Waals surface area contributed by atoms with Gasteiger partial charge in [-0.2, -0.15) is 0 Å². The Bertz CT molecular complexity index is 833. The summed E-state index contributed by atoms with van der Waals surface area (Å²) in [6, 6.07) is 16.4. The molecule has 1 aliphatic rings. The maximum absolute atomic E-state index is 2.52. The van der Waals surface area contributed by atoms with Crippen LogP contribution in [0.4, 0.5) is 0 Å². The molecule has 1 atom stereocenters. The minimum Gasteiger partial charge on any atom is -1.00 e. The van der Waals surface area contributed by atoms with Gasteiger partial charge in [-0.05, 0) is 0 Å². The molecule has 3 rings (SSSR count). The van der Waals surface area contributed by atoms with E-state index < -0.39 is 0 Å². The van der Waals surface area contributed by atoms with Gasteiger partial charge in [-0.25, -0.2) is 0 Å². The summed E-state index contributed by atoms with van der Waals surface area (Å²) in [6.45, 7) is 16.6. The summed E-state index contributed by atoms with van der Waals surface area (Å²) in [7, 11) is 0. The van der Waals surface area contributed by atoms with Crippen molar-refractivity contribution in [2.24, 2.45) is 0 Å². The number of hydrogen-bond donors (Lipinski definition) is 0. The van der Waals surface area contributed by atoms with Crippen LogP contribution in [0.25, 0.3) is 16.7 Å². The van der Waals surface area contributed by atoms with Crippen LogP contribution in [0.2, 0.25) is 13.1 Å². The first-order valence-corrected chi connectivity index (χ1v) is 17.3. The van der Waals surface area contributed by atoms with Crippen LogP contribution >= 0.6 is 0 Å². The molecule has 0 saturated carbocycles. The van der Waals surface area contributed by atoms with E-state index in [9.17, 15) is 0 Å². The molecule has 0 aromatic heterocycles. The first kappa shape index (κ1) is 25.9. The molecule has 28 heavy (non-hydrogen) atoms. The van der Waals surface area contributed by atoms with Crippen molar-refractivity contribution in [3.63, 3.8) is 0 Å². The molecule has 0 spiro atoms. The van der Waals surface area contributed by atoms with Gasteiger partial charge >= 0.3 is 173 Å². The molecule has 0 amide bonds. The van der Waals surface area contributed by atoms with E-state index in [0.717, 1.165) is 10.0 Å². The molecule has 0 saturated heterocycles. The van der Waals surface area contributed by atoms with Gasteiger partial charge in [0, 0.05) is 0 Å². The number of halogens is 2. The maximum atomic E-state index is 2.52. The summed E-state index contributed by atoms with van der Waals surface area (Å²) >= 11 is -0.365. The van der Waals surface area contributed by atoms with Crippen LogP contribution < -0.4 is 24.8 Å². The van der Waals surface area contributed by atoms with Crippen molar-refractivity contribution in [1.29, 1.82) is 0 Å². The monoisotopic (exact) mass is 507 g/mol.